The molecule has 0 aromatic heterocycles. The normalized spacial score (nSPS) is 26.0. The predicted molar refractivity (Wildman–Crippen MR) is 101 cm³/mol. The monoisotopic (exact) mass is 394 g/mol. The summed E-state index contributed by atoms with van der Waals surface area (Å²) < 4.78 is 33.9. The van der Waals surface area contributed by atoms with Crippen molar-refractivity contribution < 1.29 is 33.2 Å². The van der Waals surface area contributed by atoms with Gasteiger partial charge < -0.3 is 28.4 Å². The quantitative estimate of drug-likeness (QED) is 0.343. The molecule has 7 nitrogen and oxygen atoms in total. The van der Waals surface area contributed by atoms with Crippen LogP contribution in [-0.2, 0) is 28.4 Å². The van der Waals surface area contributed by atoms with Crippen LogP contribution in [-0.4, -0.2) is 64.8 Å². The van der Waals surface area contributed by atoms with Crippen molar-refractivity contribution in [3.8, 4) is 0 Å². The number of rotatable bonds is 10. The Hall–Kier alpha value is -1.51. The van der Waals surface area contributed by atoms with Gasteiger partial charge in [-0.15, -0.1) is 0 Å². The van der Waals surface area contributed by atoms with E-state index in [2.05, 4.69) is 6.92 Å². The first kappa shape index (κ1) is 21.2. The van der Waals surface area contributed by atoms with E-state index in [1.807, 2.05) is 18.2 Å². The number of methoxy groups -OCH3 is 1. The fourth-order valence-corrected chi connectivity index (χ4v) is 4.01. The van der Waals surface area contributed by atoms with E-state index in [1.54, 1.807) is 19.2 Å². The molecule has 0 radical (unpaired) electrons. The molecule has 1 aromatic carbocycles. The molecule has 0 N–H and O–H groups in total. The molecule has 1 spiro atoms. The van der Waals surface area contributed by atoms with Gasteiger partial charge in [-0.2, -0.15) is 0 Å². The summed E-state index contributed by atoms with van der Waals surface area (Å²) >= 11 is 0. The Morgan fingerprint density at radius 1 is 1.11 bits per heavy atom. The van der Waals surface area contributed by atoms with Crippen molar-refractivity contribution in [3.05, 3.63) is 35.9 Å². The van der Waals surface area contributed by atoms with E-state index >= 15 is 0 Å². The summed E-state index contributed by atoms with van der Waals surface area (Å²) in [5, 5.41) is 0. The van der Waals surface area contributed by atoms with E-state index in [1.165, 1.54) is 0 Å². The van der Waals surface area contributed by atoms with Crippen LogP contribution in [0, 0.1) is 5.41 Å². The molecule has 156 valence electrons. The Kier molecular flexibility index (Phi) is 7.42. The third-order valence-corrected chi connectivity index (χ3v) is 5.69. The van der Waals surface area contributed by atoms with Gasteiger partial charge >= 0.3 is 5.97 Å². The standard InChI is InChI=1S/C21H30O7/c1-20(10-11-24-16-25-13-12-23-2)18(8-9-21(20)26-14-15-27-21)28-19(22)17-6-4-3-5-7-17/h3-7,18H,8-16H2,1-2H3. The van der Waals surface area contributed by atoms with E-state index in [-0.39, 0.29) is 18.9 Å². The van der Waals surface area contributed by atoms with Crippen LogP contribution < -0.4 is 0 Å². The minimum atomic E-state index is -0.727. The first-order valence-corrected chi connectivity index (χ1v) is 9.80. The zero-order valence-electron chi connectivity index (χ0n) is 16.7. The Labute approximate surface area is 166 Å². The highest BCUT2D eigenvalue weighted by Crippen LogP contribution is 2.54. The van der Waals surface area contributed by atoms with Crippen LogP contribution in [0.2, 0.25) is 0 Å². The molecular weight excluding hydrogens is 364 g/mol. The molecular formula is C21H30O7. The van der Waals surface area contributed by atoms with Gasteiger partial charge in [0.25, 0.3) is 0 Å². The number of ether oxygens (including phenoxy) is 6. The maximum atomic E-state index is 12.6. The van der Waals surface area contributed by atoms with Gasteiger partial charge in [-0.25, -0.2) is 4.79 Å². The molecule has 1 aromatic rings. The van der Waals surface area contributed by atoms with Crippen molar-refractivity contribution >= 4 is 5.97 Å². The van der Waals surface area contributed by atoms with Crippen molar-refractivity contribution in [1.29, 1.82) is 0 Å². The summed E-state index contributed by atoms with van der Waals surface area (Å²) in [5.74, 6) is -1.05. The SMILES string of the molecule is COCCOCOCCC1(C)C(OC(=O)c2ccccc2)CCC12OCCO2. The van der Waals surface area contributed by atoms with Gasteiger partial charge in [0.05, 0.1) is 44.0 Å². The lowest BCUT2D eigenvalue weighted by atomic mass is 9.78. The number of esters is 1. The van der Waals surface area contributed by atoms with Gasteiger partial charge in [0.15, 0.2) is 5.79 Å². The Bertz CT molecular complexity index is 614. The van der Waals surface area contributed by atoms with Crippen molar-refractivity contribution in [2.45, 2.75) is 38.1 Å². The largest absolute Gasteiger partial charge is 0.458 e. The van der Waals surface area contributed by atoms with Crippen LogP contribution >= 0.6 is 0 Å². The zero-order valence-corrected chi connectivity index (χ0v) is 16.7. The fraction of sp³-hybridized carbons (Fsp3) is 0.667. The molecule has 3 rings (SSSR count). The van der Waals surface area contributed by atoms with E-state index in [9.17, 15) is 4.79 Å². The summed E-state index contributed by atoms with van der Waals surface area (Å²) in [5.41, 5.74) is 0.0438. The van der Waals surface area contributed by atoms with Crippen molar-refractivity contribution in [2.75, 3.05) is 46.9 Å². The Morgan fingerprint density at radius 2 is 1.82 bits per heavy atom. The lowest BCUT2D eigenvalue weighted by molar-refractivity contribution is -0.237. The predicted octanol–water partition coefficient (Wildman–Crippen LogP) is 2.78. The summed E-state index contributed by atoms with van der Waals surface area (Å²) in [6.07, 6.45) is 1.71. The molecule has 2 atom stereocenters. The van der Waals surface area contributed by atoms with E-state index in [0.29, 0.717) is 57.9 Å². The molecule has 1 saturated carbocycles. The van der Waals surface area contributed by atoms with Crippen LogP contribution in [0.1, 0.15) is 36.5 Å². The van der Waals surface area contributed by atoms with Crippen LogP contribution in [0.25, 0.3) is 0 Å². The molecule has 1 heterocycles. The Balaban J connectivity index is 1.61. The molecule has 2 unspecified atom stereocenters. The number of hydrogen-bond acceptors (Lipinski definition) is 7. The first-order chi connectivity index (χ1) is 13.6. The van der Waals surface area contributed by atoms with E-state index in [0.717, 1.165) is 0 Å². The van der Waals surface area contributed by atoms with Gasteiger partial charge in [-0.1, -0.05) is 25.1 Å². The number of hydrogen-bond donors (Lipinski definition) is 0. The zero-order chi connectivity index (χ0) is 19.9. The molecule has 1 aliphatic carbocycles. The van der Waals surface area contributed by atoms with Gasteiger partial charge in [0.2, 0.25) is 0 Å². The Morgan fingerprint density at radius 3 is 2.54 bits per heavy atom. The number of carbonyl (C=O) groups excluding carboxylic acids is 1. The lowest BCUT2D eigenvalue weighted by Crippen LogP contribution is -2.49. The first-order valence-electron chi connectivity index (χ1n) is 9.80. The van der Waals surface area contributed by atoms with Gasteiger partial charge in [0, 0.05) is 13.5 Å². The minimum Gasteiger partial charge on any atom is -0.458 e. The molecule has 28 heavy (non-hydrogen) atoms. The number of carbonyl (C=O) groups is 1. The molecule has 2 aliphatic rings. The smallest absolute Gasteiger partial charge is 0.338 e. The maximum absolute atomic E-state index is 12.6. The van der Waals surface area contributed by atoms with E-state index < -0.39 is 11.2 Å². The summed E-state index contributed by atoms with van der Waals surface area (Å²) in [7, 11) is 1.63. The van der Waals surface area contributed by atoms with Crippen molar-refractivity contribution in [2.24, 2.45) is 5.41 Å². The third kappa shape index (κ3) is 4.55. The second-order valence-electron chi connectivity index (χ2n) is 7.34. The van der Waals surface area contributed by atoms with Gasteiger partial charge in [-0.05, 0) is 25.0 Å². The average molecular weight is 394 g/mol. The molecule has 0 bridgehead atoms. The average Bonchev–Trinajstić information content (AvgIpc) is 3.30. The van der Waals surface area contributed by atoms with E-state index in [4.69, 9.17) is 28.4 Å². The highest BCUT2D eigenvalue weighted by atomic mass is 16.7. The molecule has 2 fully saturated rings. The van der Waals surface area contributed by atoms with Gasteiger partial charge in [-0.3, -0.25) is 0 Å². The van der Waals surface area contributed by atoms with Crippen LogP contribution in [0.3, 0.4) is 0 Å². The maximum Gasteiger partial charge on any atom is 0.338 e. The number of benzene rings is 1. The summed E-state index contributed by atoms with van der Waals surface area (Å²) in [6, 6.07) is 9.04. The fourth-order valence-electron chi connectivity index (χ4n) is 4.01. The second-order valence-corrected chi connectivity index (χ2v) is 7.34. The van der Waals surface area contributed by atoms with Crippen LogP contribution in [0.15, 0.2) is 30.3 Å². The van der Waals surface area contributed by atoms with Crippen molar-refractivity contribution in [3.63, 3.8) is 0 Å². The summed E-state index contributed by atoms with van der Waals surface area (Å²) in [6.45, 7) is 4.83. The second kappa shape index (κ2) is 9.80. The van der Waals surface area contributed by atoms with Gasteiger partial charge in [0.1, 0.15) is 12.9 Å². The minimum absolute atomic E-state index is 0.197. The lowest BCUT2D eigenvalue weighted by Gasteiger charge is -2.41. The van der Waals surface area contributed by atoms with Crippen LogP contribution in [0.4, 0.5) is 0 Å². The topological polar surface area (TPSA) is 72.5 Å². The summed E-state index contributed by atoms with van der Waals surface area (Å²) in [4.78, 5) is 12.6. The third-order valence-electron chi connectivity index (χ3n) is 5.69. The molecule has 7 heteroatoms. The molecule has 0 amide bonds. The highest BCUT2D eigenvalue weighted by Gasteiger charge is 2.62. The molecule has 1 saturated heterocycles. The molecule has 1 aliphatic heterocycles. The highest BCUT2D eigenvalue weighted by molar-refractivity contribution is 5.89. The van der Waals surface area contributed by atoms with Crippen molar-refractivity contribution in [1.82, 2.24) is 0 Å². The van der Waals surface area contributed by atoms with Crippen LogP contribution in [0.5, 0.6) is 0 Å².